The summed E-state index contributed by atoms with van der Waals surface area (Å²) in [5, 5.41) is 5.24. The van der Waals surface area contributed by atoms with Crippen LogP contribution in [0.4, 0.5) is 8.78 Å². The first-order valence-corrected chi connectivity index (χ1v) is 15.8. The number of carbonyl (C=O) groups excluding carboxylic acids is 1. The molecule has 4 atom stereocenters. The Balaban J connectivity index is 1.27. The summed E-state index contributed by atoms with van der Waals surface area (Å²) in [7, 11) is 1.85. The molecule has 2 N–H and O–H groups in total. The Hall–Kier alpha value is -2.95. The third-order valence-corrected chi connectivity index (χ3v) is 10.6. The zero-order valence-corrected chi connectivity index (χ0v) is 27.4. The van der Waals surface area contributed by atoms with Crippen molar-refractivity contribution in [3.8, 4) is 0 Å². The van der Waals surface area contributed by atoms with E-state index < -0.39 is 28.6 Å². The lowest BCUT2D eigenvalue weighted by Crippen LogP contribution is -3.17. The van der Waals surface area contributed by atoms with Crippen molar-refractivity contribution in [3.63, 3.8) is 0 Å². The quantitative estimate of drug-likeness (QED) is 0.477. The average Bonchev–Trinajstić information content (AvgIpc) is 3.67. The summed E-state index contributed by atoms with van der Waals surface area (Å²) < 4.78 is 37.6. The van der Waals surface area contributed by atoms with Crippen LogP contribution in [0, 0.1) is 24.5 Å². The smallest absolute Gasteiger partial charge is 0.232 e. The first-order valence-electron chi connectivity index (χ1n) is 15.5. The van der Waals surface area contributed by atoms with Crippen LogP contribution in [0.3, 0.4) is 0 Å². The first kappa shape index (κ1) is 31.0. The number of pyridine rings is 1. The number of halogens is 3. The number of nitrogens with one attached hydrogen (secondary N) is 2. The fourth-order valence-electron chi connectivity index (χ4n) is 7.45. The monoisotopic (exact) mass is 628 g/mol. The van der Waals surface area contributed by atoms with E-state index in [-0.39, 0.29) is 23.5 Å². The molecular formula is C33H43ClF2N6O2+2. The Kier molecular flexibility index (Phi) is 7.65. The second-order valence-corrected chi connectivity index (χ2v) is 14.9. The summed E-state index contributed by atoms with van der Waals surface area (Å²) in [6, 6.07) is 5.72. The zero-order valence-electron chi connectivity index (χ0n) is 26.6. The lowest BCUT2D eigenvalue weighted by atomic mass is 9.81. The van der Waals surface area contributed by atoms with E-state index in [1.807, 2.05) is 24.9 Å². The number of H-pyrrole nitrogens is 1. The minimum atomic E-state index is -0.626. The molecule has 0 aliphatic carbocycles. The van der Waals surface area contributed by atoms with E-state index in [0.29, 0.717) is 55.4 Å². The number of nitrogens with zero attached hydrogens (tertiary/aromatic N) is 4. The number of likely N-dealkylation sites (tertiary alicyclic amines) is 2. The van der Waals surface area contributed by atoms with Crippen LogP contribution in [0.1, 0.15) is 87.8 Å². The third-order valence-electron chi connectivity index (χ3n) is 10.2. The maximum absolute atomic E-state index is 15.1. The lowest BCUT2D eigenvalue weighted by molar-refractivity contribution is -0.936. The van der Waals surface area contributed by atoms with Gasteiger partial charge in [-0.15, -0.1) is 0 Å². The molecule has 236 valence electrons. The molecule has 1 aromatic carbocycles. The van der Waals surface area contributed by atoms with Crippen LogP contribution in [0.2, 0.25) is 5.02 Å². The summed E-state index contributed by atoms with van der Waals surface area (Å²) in [6.45, 7) is 14.7. The minimum absolute atomic E-state index is 0.0249. The highest BCUT2D eigenvalue weighted by molar-refractivity contribution is 6.31. The molecule has 0 bridgehead atoms. The number of hydrogen-bond acceptors (Lipinski definition) is 4. The van der Waals surface area contributed by atoms with Gasteiger partial charge in [0.1, 0.15) is 29.1 Å². The van der Waals surface area contributed by atoms with Crippen LogP contribution in [0.15, 0.2) is 30.6 Å². The van der Waals surface area contributed by atoms with Crippen molar-refractivity contribution in [1.29, 1.82) is 0 Å². The molecule has 44 heavy (non-hydrogen) atoms. The number of aromatic nitrogens is 4. The number of quaternary nitrogens is 1. The topological polar surface area (TPSA) is 78.8 Å². The zero-order chi connectivity index (χ0) is 31.8. The van der Waals surface area contributed by atoms with Crippen LogP contribution in [0.5, 0.6) is 0 Å². The number of amides is 1. The summed E-state index contributed by atoms with van der Waals surface area (Å²) in [5.74, 6) is -1.22. The van der Waals surface area contributed by atoms with Gasteiger partial charge in [0.15, 0.2) is 17.1 Å². The van der Waals surface area contributed by atoms with Crippen LogP contribution in [-0.2, 0) is 27.6 Å². The number of carbonyl (C=O) groups is 1. The van der Waals surface area contributed by atoms with E-state index in [1.54, 1.807) is 11.0 Å². The number of ether oxygens (including phenoxy) is 1. The molecule has 5 heterocycles. The van der Waals surface area contributed by atoms with E-state index in [2.05, 4.69) is 49.7 Å². The van der Waals surface area contributed by atoms with Gasteiger partial charge in [-0.05, 0) is 52.3 Å². The molecule has 11 heteroatoms. The molecule has 3 aromatic rings. The number of aryl methyl sites for hydroxylation is 2. The molecule has 0 radical (unpaired) electrons. The third kappa shape index (κ3) is 5.22. The second-order valence-electron chi connectivity index (χ2n) is 14.5. The minimum Gasteiger partial charge on any atom is -0.355 e. The van der Waals surface area contributed by atoms with E-state index in [9.17, 15) is 9.18 Å². The summed E-state index contributed by atoms with van der Waals surface area (Å²) >= 11 is 6.63. The maximum atomic E-state index is 15.1. The van der Waals surface area contributed by atoms with Gasteiger partial charge in [0.05, 0.1) is 41.4 Å². The van der Waals surface area contributed by atoms with Crippen LogP contribution >= 0.6 is 11.6 Å². The van der Waals surface area contributed by atoms with Gasteiger partial charge in [-0.2, -0.15) is 5.10 Å². The van der Waals surface area contributed by atoms with Crippen LogP contribution in [0.25, 0.3) is 0 Å². The molecule has 2 saturated heterocycles. The van der Waals surface area contributed by atoms with Crippen molar-refractivity contribution in [2.75, 3.05) is 26.2 Å². The van der Waals surface area contributed by atoms with E-state index in [0.717, 1.165) is 23.0 Å². The fourth-order valence-corrected chi connectivity index (χ4v) is 7.61. The standard InChI is InChI=1S/C33H41ClF2N6O2/c1-19-25(34)15-22-27(38-19)33(44-28(22)32(5,6)30-37-18-40(7)39-30)10-12-41(13-11-33)29(43)24-17-42(31(2,3)4)16-23(24)21-9-8-20(35)14-26(21)36/h8-9,14-15,18,23-24,28H,10-13,16-17H2,1-7H3/p+2/t23-,24?,28?/m0/s1. The Bertz CT molecular complexity index is 1590. The van der Waals surface area contributed by atoms with Gasteiger partial charge in [0.2, 0.25) is 11.6 Å². The van der Waals surface area contributed by atoms with Gasteiger partial charge < -0.3 is 14.5 Å². The van der Waals surface area contributed by atoms with Gasteiger partial charge in [0.25, 0.3) is 0 Å². The molecule has 2 fully saturated rings. The number of rotatable bonds is 4. The maximum Gasteiger partial charge on any atom is 0.232 e. The first-order chi connectivity index (χ1) is 20.6. The Labute approximate surface area is 262 Å². The molecule has 6 rings (SSSR count). The van der Waals surface area contributed by atoms with Crippen molar-refractivity contribution in [2.24, 2.45) is 13.0 Å². The van der Waals surface area contributed by atoms with Gasteiger partial charge in [-0.3, -0.25) is 9.48 Å². The van der Waals surface area contributed by atoms with Gasteiger partial charge in [-0.1, -0.05) is 17.7 Å². The molecule has 1 spiro atoms. The lowest BCUT2D eigenvalue weighted by Gasteiger charge is -2.40. The highest BCUT2D eigenvalue weighted by Crippen LogP contribution is 2.54. The summed E-state index contributed by atoms with van der Waals surface area (Å²) in [5.41, 5.74) is 1.98. The van der Waals surface area contributed by atoms with E-state index in [4.69, 9.17) is 16.3 Å². The SMILES string of the molecule is Cc1[nH+]c2c(cc1Cl)C(C(C)(C)c1ncn(C)n1)OC21CCN(C(=O)C2C[NH+](C(C)(C)C)C[C@H]2c2ccc(F)cc2F)CC1. The average molecular weight is 629 g/mol. The predicted molar refractivity (Wildman–Crippen MR) is 161 cm³/mol. The molecule has 3 aliphatic rings. The summed E-state index contributed by atoms with van der Waals surface area (Å²) in [4.78, 5) is 25.5. The Morgan fingerprint density at radius 2 is 1.82 bits per heavy atom. The van der Waals surface area contributed by atoms with Gasteiger partial charge >= 0.3 is 0 Å². The second kappa shape index (κ2) is 10.8. The molecule has 2 aromatic heterocycles. The van der Waals surface area contributed by atoms with Crippen molar-refractivity contribution in [1.82, 2.24) is 19.7 Å². The largest absolute Gasteiger partial charge is 0.355 e. The fraction of sp³-hybridized carbons (Fsp3) is 0.576. The summed E-state index contributed by atoms with van der Waals surface area (Å²) in [6.07, 6.45) is 2.55. The van der Waals surface area contributed by atoms with Crippen molar-refractivity contribution in [3.05, 3.63) is 75.6 Å². The number of piperidine rings is 1. The van der Waals surface area contributed by atoms with E-state index in [1.165, 1.54) is 17.0 Å². The Morgan fingerprint density at radius 1 is 1.11 bits per heavy atom. The molecule has 1 amide bonds. The molecular weight excluding hydrogens is 586 g/mol. The van der Waals surface area contributed by atoms with Crippen molar-refractivity contribution in [2.45, 2.75) is 83.0 Å². The van der Waals surface area contributed by atoms with Crippen LogP contribution < -0.4 is 9.88 Å². The molecule has 8 nitrogen and oxygen atoms in total. The molecule has 3 unspecified atom stereocenters. The van der Waals surface area contributed by atoms with E-state index >= 15 is 4.39 Å². The highest BCUT2D eigenvalue weighted by atomic mass is 35.5. The van der Waals surface area contributed by atoms with Crippen molar-refractivity contribution < 1.29 is 28.2 Å². The van der Waals surface area contributed by atoms with Crippen LogP contribution in [-0.4, -0.2) is 57.3 Å². The molecule has 3 aliphatic heterocycles. The highest BCUT2D eigenvalue weighted by Gasteiger charge is 2.58. The van der Waals surface area contributed by atoms with Gasteiger partial charge in [0, 0.05) is 46.0 Å². The predicted octanol–water partition coefficient (Wildman–Crippen LogP) is 3.83. The molecule has 0 saturated carbocycles. The number of aromatic amines is 1. The normalized spacial score (nSPS) is 25.1. The number of fused-ring (bicyclic) bond motifs is 2. The number of benzene rings is 1. The number of hydrogen-bond donors (Lipinski definition) is 1. The van der Waals surface area contributed by atoms with Gasteiger partial charge in [-0.25, -0.2) is 18.7 Å². The van der Waals surface area contributed by atoms with Crippen molar-refractivity contribution >= 4 is 17.5 Å². The Morgan fingerprint density at radius 3 is 2.43 bits per heavy atom.